The summed E-state index contributed by atoms with van der Waals surface area (Å²) in [5, 5.41) is 3.48. The molecule has 0 aliphatic carbocycles. The fourth-order valence-electron chi connectivity index (χ4n) is 3.68. The number of guanidine groups is 1. The first-order valence-corrected chi connectivity index (χ1v) is 10.7. The molecule has 1 unspecified atom stereocenters. The maximum Gasteiger partial charge on any atom is 0.243 e. The molecule has 1 aromatic carbocycles. The van der Waals surface area contributed by atoms with E-state index in [0.717, 1.165) is 64.7 Å². The van der Waals surface area contributed by atoms with Crippen LogP contribution in [0.3, 0.4) is 0 Å². The number of rotatable bonds is 6. The van der Waals surface area contributed by atoms with Crippen LogP contribution in [0.2, 0.25) is 0 Å². The van der Waals surface area contributed by atoms with Crippen molar-refractivity contribution in [3.63, 3.8) is 0 Å². The summed E-state index contributed by atoms with van der Waals surface area (Å²) in [7, 11) is 3.53. The Morgan fingerprint density at radius 2 is 1.93 bits per heavy atom. The zero-order valence-electron chi connectivity index (χ0n) is 17.8. The Balaban J connectivity index is 1.55. The van der Waals surface area contributed by atoms with Crippen LogP contribution >= 0.6 is 0 Å². The molecule has 2 fully saturated rings. The van der Waals surface area contributed by atoms with E-state index in [1.54, 1.807) is 19.0 Å². The number of likely N-dealkylation sites (N-methyl/N-ethyl adjacent to an activating group) is 1. The maximum absolute atomic E-state index is 12.0. The number of hydrogen-bond acceptors (Lipinski definition) is 4. The van der Waals surface area contributed by atoms with Crippen LogP contribution < -0.4 is 5.32 Å². The molecule has 160 valence electrons. The molecule has 2 saturated heterocycles. The number of hydrogen-bond donors (Lipinski definition) is 1. The van der Waals surface area contributed by atoms with Crippen molar-refractivity contribution in [2.24, 2.45) is 4.99 Å². The van der Waals surface area contributed by atoms with Gasteiger partial charge in [-0.1, -0.05) is 30.3 Å². The van der Waals surface area contributed by atoms with Crippen molar-refractivity contribution in [3.8, 4) is 0 Å². The number of carbonyl (C=O) groups excluding carboxylic acids is 1. The molecule has 3 rings (SSSR count). The van der Waals surface area contributed by atoms with Gasteiger partial charge >= 0.3 is 0 Å². The predicted octanol–water partition coefficient (Wildman–Crippen LogP) is 1.41. The SMILES string of the molecule is CN(C)C(=O)CN=C(NCC1CCCCO1)N1CCN(Cc2ccccc2)CC1. The minimum absolute atomic E-state index is 0.0147. The van der Waals surface area contributed by atoms with E-state index in [1.807, 2.05) is 0 Å². The van der Waals surface area contributed by atoms with Crippen LogP contribution in [0.4, 0.5) is 0 Å². The van der Waals surface area contributed by atoms with Gasteiger partial charge in [-0.25, -0.2) is 4.99 Å². The Morgan fingerprint density at radius 3 is 2.59 bits per heavy atom. The van der Waals surface area contributed by atoms with Gasteiger partial charge in [0.1, 0.15) is 6.54 Å². The van der Waals surface area contributed by atoms with E-state index in [0.29, 0.717) is 0 Å². The number of nitrogens with one attached hydrogen (secondary N) is 1. The third kappa shape index (κ3) is 7.01. The van der Waals surface area contributed by atoms with Crippen molar-refractivity contribution >= 4 is 11.9 Å². The summed E-state index contributed by atoms with van der Waals surface area (Å²) in [6.45, 7) is 6.51. The second-order valence-corrected chi connectivity index (χ2v) is 8.05. The molecule has 1 amide bonds. The molecule has 0 spiro atoms. The molecule has 1 N–H and O–H groups in total. The topological polar surface area (TPSA) is 60.4 Å². The second-order valence-electron chi connectivity index (χ2n) is 8.05. The first kappa shape index (κ1) is 21.6. The number of amides is 1. The molecule has 2 aliphatic heterocycles. The minimum atomic E-state index is 0.0147. The highest BCUT2D eigenvalue weighted by atomic mass is 16.5. The Kier molecular flexibility index (Phi) is 8.31. The first-order valence-electron chi connectivity index (χ1n) is 10.7. The smallest absolute Gasteiger partial charge is 0.243 e. The molecule has 0 bridgehead atoms. The van der Waals surface area contributed by atoms with Gasteiger partial charge in [-0.3, -0.25) is 9.69 Å². The average Bonchev–Trinajstić information content (AvgIpc) is 2.76. The average molecular weight is 402 g/mol. The molecular weight excluding hydrogens is 366 g/mol. The van der Waals surface area contributed by atoms with E-state index in [9.17, 15) is 4.79 Å². The normalized spacial score (nSPS) is 21.1. The van der Waals surface area contributed by atoms with Crippen molar-refractivity contribution < 1.29 is 9.53 Å². The lowest BCUT2D eigenvalue weighted by atomic mass is 10.1. The van der Waals surface area contributed by atoms with Crippen LogP contribution in [0.1, 0.15) is 24.8 Å². The lowest BCUT2D eigenvalue weighted by Gasteiger charge is -2.37. The third-order valence-electron chi connectivity index (χ3n) is 5.55. The number of carbonyl (C=O) groups is 1. The number of piperazine rings is 1. The molecule has 29 heavy (non-hydrogen) atoms. The lowest BCUT2D eigenvalue weighted by Crippen LogP contribution is -2.53. The van der Waals surface area contributed by atoms with Gasteiger partial charge in [-0.15, -0.1) is 0 Å². The Labute approximate surface area is 174 Å². The molecule has 2 heterocycles. The Morgan fingerprint density at radius 1 is 1.17 bits per heavy atom. The molecule has 7 nitrogen and oxygen atoms in total. The molecule has 1 atom stereocenters. The van der Waals surface area contributed by atoms with Gasteiger partial charge in [0.15, 0.2) is 5.96 Å². The number of aliphatic imine (C=N–C) groups is 1. The predicted molar refractivity (Wildman–Crippen MR) is 116 cm³/mol. The van der Waals surface area contributed by atoms with E-state index in [-0.39, 0.29) is 18.6 Å². The third-order valence-corrected chi connectivity index (χ3v) is 5.55. The quantitative estimate of drug-likeness (QED) is 0.577. The van der Waals surface area contributed by atoms with Gasteiger partial charge in [0.2, 0.25) is 5.91 Å². The van der Waals surface area contributed by atoms with Gasteiger partial charge in [0.05, 0.1) is 6.10 Å². The number of benzene rings is 1. The summed E-state index contributed by atoms with van der Waals surface area (Å²) in [6.07, 6.45) is 3.69. The summed E-state index contributed by atoms with van der Waals surface area (Å²) in [6, 6.07) is 10.6. The van der Waals surface area contributed by atoms with E-state index in [1.165, 1.54) is 12.0 Å². The Hall–Kier alpha value is -2.12. The Bertz CT molecular complexity index is 650. The van der Waals surface area contributed by atoms with Gasteiger partial charge < -0.3 is 19.9 Å². The van der Waals surface area contributed by atoms with Crippen LogP contribution in [-0.4, -0.2) is 92.6 Å². The molecule has 0 aromatic heterocycles. The van der Waals surface area contributed by atoms with Gasteiger partial charge in [0.25, 0.3) is 0 Å². The van der Waals surface area contributed by atoms with E-state index in [4.69, 9.17) is 4.74 Å². The second kappa shape index (κ2) is 11.2. The summed E-state index contributed by atoms with van der Waals surface area (Å²) < 4.78 is 5.84. The zero-order valence-corrected chi connectivity index (χ0v) is 17.8. The van der Waals surface area contributed by atoms with Crippen molar-refractivity contribution in [1.29, 1.82) is 0 Å². The van der Waals surface area contributed by atoms with Gasteiger partial charge in [0, 0.05) is 60.0 Å². The number of nitrogens with zero attached hydrogens (tertiary/aromatic N) is 4. The van der Waals surface area contributed by atoms with Crippen LogP contribution in [0.25, 0.3) is 0 Å². The number of ether oxygens (including phenoxy) is 1. The lowest BCUT2D eigenvalue weighted by molar-refractivity contribution is -0.127. The minimum Gasteiger partial charge on any atom is -0.376 e. The highest BCUT2D eigenvalue weighted by molar-refractivity contribution is 5.85. The van der Waals surface area contributed by atoms with E-state index >= 15 is 0 Å². The summed E-state index contributed by atoms with van der Waals surface area (Å²) in [4.78, 5) is 23.0. The molecular formula is C22H35N5O2. The van der Waals surface area contributed by atoms with E-state index < -0.39 is 0 Å². The fourth-order valence-corrected chi connectivity index (χ4v) is 3.68. The van der Waals surface area contributed by atoms with Crippen LogP contribution in [0, 0.1) is 0 Å². The summed E-state index contributed by atoms with van der Waals surface area (Å²) >= 11 is 0. The van der Waals surface area contributed by atoms with Gasteiger partial charge in [-0.2, -0.15) is 0 Å². The zero-order chi connectivity index (χ0) is 20.5. The summed E-state index contributed by atoms with van der Waals surface area (Å²) in [5.41, 5.74) is 1.35. The fraction of sp³-hybridized carbons (Fsp3) is 0.636. The molecule has 7 heteroatoms. The van der Waals surface area contributed by atoms with Crippen molar-refractivity contribution in [1.82, 2.24) is 20.0 Å². The standard InChI is InChI=1S/C22H35N5O2/c1-25(2)21(28)17-24-22(23-16-20-10-6-7-15-29-20)27-13-11-26(12-14-27)18-19-8-4-3-5-9-19/h3-5,8-9,20H,6-7,10-18H2,1-2H3,(H,23,24). The largest absolute Gasteiger partial charge is 0.376 e. The molecule has 0 radical (unpaired) electrons. The first-order chi connectivity index (χ1) is 14.1. The van der Waals surface area contributed by atoms with Crippen molar-refractivity contribution in [3.05, 3.63) is 35.9 Å². The monoisotopic (exact) mass is 401 g/mol. The van der Waals surface area contributed by atoms with Crippen molar-refractivity contribution in [2.45, 2.75) is 31.9 Å². The van der Waals surface area contributed by atoms with E-state index in [2.05, 4.69) is 50.4 Å². The maximum atomic E-state index is 12.0. The summed E-state index contributed by atoms with van der Waals surface area (Å²) in [5.74, 6) is 0.842. The molecule has 1 aromatic rings. The van der Waals surface area contributed by atoms with Crippen LogP contribution in [-0.2, 0) is 16.1 Å². The van der Waals surface area contributed by atoms with Crippen molar-refractivity contribution in [2.75, 3.05) is 60.0 Å². The highest BCUT2D eigenvalue weighted by Gasteiger charge is 2.22. The molecule has 0 saturated carbocycles. The van der Waals surface area contributed by atoms with Crippen LogP contribution in [0.15, 0.2) is 35.3 Å². The van der Waals surface area contributed by atoms with Gasteiger partial charge in [-0.05, 0) is 24.8 Å². The van der Waals surface area contributed by atoms with Crippen LogP contribution in [0.5, 0.6) is 0 Å². The highest BCUT2D eigenvalue weighted by Crippen LogP contribution is 2.12. The molecule has 2 aliphatic rings.